The molecule has 0 atom stereocenters. The molecule has 0 amide bonds. The summed E-state index contributed by atoms with van der Waals surface area (Å²) in [5, 5.41) is 12.1. The lowest BCUT2D eigenvalue weighted by Gasteiger charge is -2.02. The summed E-state index contributed by atoms with van der Waals surface area (Å²) in [6.45, 7) is 0. The summed E-state index contributed by atoms with van der Waals surface area (Å²) in [4.78, 5) is 16.6. The highest BCUT2D eigenvalue weighted by molar-refractivity contribution is 6.06. The lowest BCUT2D eigenvalue weighted by Crippen LogP contribution is -1.96. The van der Waals surface area contributed by atoms with E-state index in [4.69, 9.17) is 4.42 Å². The zero-order chi connectivity index (χ0) is 19.5. The third-order valence-corrected chi connectivity index (χ3v) is 4.36. The number of rotatable bonds is 5. The summed E-state index contributed by atoms with van der Waals surface area (Å²) < 4.78 is 18.5. The first-order chi connectivity index (χ1) is 13.6. The highest BCUT2D eigenvalue weighted by atomic mass is 19.1. The zero-order valence-corrected chi connectivity index (χ0v) is 14.8. The largest absolute Gasteiger partial charge is 0.506 e. The van der Waals surface area contributed by atoms with Crippen molar-refractivity contribution in [1.29, 1.82) is 0 Å². The fourth-order valence-electron chi connectivity index (χ4n) is 2.90. The molecule has 28 heavy (non-hydrogen) atoms. The van der Waals surface area contributed by atoms with Crippen molar-refractivity contribution in [2.75, 3.05) is 0 Å². The minimum atomic E-state index is -0.460. The Kier molecular flexibility index (Phi) is 4.72. The van der Waals surface area contributed by atoms with Crippen LogP contribution in [0.4, 0.5) is 4.39 Å². The Labute approximate surface area is 160 Å². The number of halogens is 1. The van der Waals surface area contributed by atoms with Gasteiger partial charge < -0.3 is 9.52 Å². The van der Waals surface area contributed by atoms with E-state index in [-0.39, 0.29) is 17.3 Å². The van der Waals surface area contributed by atoms with E-state index in [0.29, 0.717) is 17.9 Å². The van der Waals surface area contributed by atoms with Crippen molar-refractivity contribution in [3.63, 3.8) is 0 Å². The van der Waals surface area contributed by atoms with Crippen LogP contribution in [0.2, 0.25) is 0 Å². The van der Waals surface area contributed by atoms with Crippen LogP contribution < -0.4 is 0 Å². The Balaban J connectivity index is 1.52. The van der Waals surface area contributed by atoms with E-state index >= 15 is 0 Å². The monoisotopic (exact) mass is 373 g/mol. The van der Waals surface area contributed by atoms with Gasteiger partial charge in [0, 0.05) is 24.1 Å². The summed E-state index contributed by atoms with van der Waals surface area (Å²) in [5.41, 5.74) is 1.18. The Hall–Kier alpha value is -3.73. The number of carbonyl (C=O) groups excluding carboxylic acids is 1. The molecule has 2 aromatic heterocycles. The summed E-state index contributed by atoms with van der Waals surface area (Å²) in [6.07, 6.45) is 3.18. The minimum Gasteiger partial charge on any atom is -0.506 e. The van der Waals surface area contributed by atoms with Crippen LogP contribution in [0.3, 0.4) is 0 Å². The van der Waals surface area contributed by atoms with E-state index in [9.17, 15) is 14.3 Å². The highest BCUT2D eigenvalue weighted by Gasteiger charge is 2.12. The number of furan rings is 1. The SMILES string of the molecule is O=C(/C=C(\O)c1cc2ccccc2cn1)c1ccc(Cc2ccc(F)cc2)o1. The van der Waals surface area contributed by atoms with Crippen molar-refractivity contribution in [2.45, 2.75) is 6.42 Å². The van der Waals surface area contributed by atoms with E-state index in [1.807, 2.05) is 24.3 Å². The molecule has 0 saturated carbocycles. The minimum absolute atomic E-state index is 0.115. The zero-order valence-electron chi connectivity index (χ0n) is 14.8. The van der Waals surface area contributed by atoms with Gasteiger partial charge in [-0.1, -0.05) is 36.4 Å². The fourth-order valence-corrected chi connectivity index (χ4v) is 2.90. The molecule has 0 aliphatic rings. The lowest BCUT2D eigenvalue weighted by atomic mass is 10.1. The maximum Gasteiger partial charge on any atom is 0.224 e. The number of ketones is 1. The Morgan fingerprint density at radius 3 is 2.57 bits per heavy atom. The topological polar surface area (TPSA) is 63.3 Å². The maximum absolute atomic E-state index is 13.0. The number of hydrogen-bond acceptors (Lipinski definition) is 4. The summed E-state index contributed by atoms with van der Waals surface area (Å²) in [7, 11) is 0. The number of pyridine rings is 1. The van der Waals surface area contributed by atoms with Gasteiger partial charge in [0.2, 0.25) is 5.78 Å². The second kappa shape index (κ2) is 7.48. The quantitative estimate of drug-likeness (QED) is 0.291. The van der Waals surface area contributed by atoms with Crippen molar-refractivity contribution in [2.24, 2.45) is 0 Å². The first-order valence-corrected chi connectivity index (χ1v) is 8.72. The second-order valence-electron chi connectivity index (χ2n) is 6.38. The Bertz CT molecular complexity index is 1180. The molecule has 138 valence electrons. The van der Waals surface area contributed by atoms with E-state index in [1.165, 1.54) is 12.1 Å². The second-order valence-corrected chi connectivity index (χ2v) is 6.38. The van der Waals surface area contributed by atoms with E-state index in [0.717, 1.165) is 22.4 Å². The number of aliphatic hydroxyl groups is 1. The molecular weight excluding hydrogens is 357 g/mol. The molecule has 0 radical (unpaired) electrons. The van der Waals surface area contributed by atoms with Crippen LogP contribution in [0.5, 0.6) is 0 Å². The molecule has 4 aromatic rings. The Morgan fingerprint density at radius 1 is 1.04 bits per heavy atom. The average molecular weight is 373 g/mol. The molecule has 4 nitrogen and oxygen atoms in total. The number of allylic oxidation sites excluding steroid dienone is 1. The van der Waals surface area contributed by atoms with Gasteiger partial charge in [0.15, 0.2) is 5.76 Å². The maximum atomic E-state index is 13.0. The standard InChI is InChI=1S/C23H16FNO3/c24-18-7-5-15(6-8-18)11-19-9-10-23(28-19)22(27)13-21(26)20-12-16-3-1-2-4-17(16)14-25-20/h1-10,12-14,26H,11H2/b21-13-. The Morgan fingerprint density at radius 2 is 1.79 bits per heavy atom. The predicted octanol–water partition coefficient (Wildman–Crippen LogP) is 5.34. The molecule has 0 bridgehead atoms. The first-order valence-electron chi connectivity index (χ1n) is 8.72. The summed E-state index contributed by atoms with van der Waals surface area (Å²) >= 11 is 0. The van der Waals surface area contributed by atoms with Crippen molar-refractivity contribution in [3.05, 3.63) is 108 Å². The molecule has 0 spiro atoms. The number of aromatic nitrogens is 1. The molecule has 0 saturated heterocycles. The molecule has 0 unspecified atom stereocenters. The molecule has 0 fully saturated rings. The number of aliphatic hydroxyl groups excluding tert-OH is 1. The van der Waals surface area contributed by atoms with Gasteiger partial charge in [-0.2, -0.15) is 0 Å². The smallest absolute Gasteiger partial charge is 0.224 e. The fraction of sp³-hybridized carbons (Fsp3) is 0.0435. The van der Waals surface area contributed by atoms with Crippen LogP contribution in [0, 0.1) is 5.82 Å². The van der Waals surface area contributed by atoms with Crippen LogP contribution >= 0.6 is 0 Å². The molecule has 1 N–H and O–H groups in total. The number of nitrogens with zero attached hydrogens (tertiary/aromatic N) is 1. The van der Waals surface area contributed by atoms with Gasteiger partial charge in [0.05, 0.1) is 0 Å². The third-order valence-electron chi connectivity index (χ3n) is 4.36. The van der Waals surface area contributed by atoms with E-state index < -0.39 is 5.78 Å². The van der Waals surface area contributed by atoms with Gasteiger partial charge in [0.1, 0.15) is 23.0 Å². The molecule has 0 aliphatic carbocycles. The van der Waals surface area contributed by atoms with Gasteiger partial charge in [-0.3, -0.25) is 9.78 Å². The normalized spacial score (nSPS) is 11.7. The number of benzene rings is 2. The molecule has 5 heteroatoms. The molecule has 2 heterocycles. The van der Waals surface area contributed by atoms with Crippen LogP contribution in [0.1, 0.15) is 27.6 Å². The van der Waals surface area contributed by atoms with Crippen LogP contribution in [-0.2, 0) is 6.42 Å². The van der Waals surface area contributed by atoms with Crippen LogP contribution in [0.15, 0.2) is 83.4 Å². The van der Waals surface area contributed by atoms with E-state index in [1.54, 1.807) is 36.5 Å². The first kappa shape index (κ1) is 17.7. The van der Waals surface area contributed by atoms with Crippen molar-refractivity contribution >= 4 is 22.3 Å². The van der Waals surface area contributed by atoms with Crippen LogP contribution in [-0.4, -0.2) is 15.9 Å². The molecule has 2 aromatic carbocycles. The molecule has 4 rings (SSSR count). The third kappa shape index (κ3) is 3.83. The van der Waals surface area contributed by atoms with Crippen LogP contribution in [0.25, 0.3) is 16.5 Å². The van der Waals surface area contributed by atoms with Crippen molar-refractivity contribution < 1.29 is 18.7 Å². The summed E-state index contributed by atoms with van der Waals surface area (Å²) in [5.74, 6) is -0.303. The summed E-state index contributed by atoms with van der Waals surface area (Å²) in [6, 6.07) is 18.7. The van der Waals surface area contributed by atoms with Gasteiger partial charge in [-0.05, 0) is 41.3 Å². The molecular formula is C23H16FNO3. The number of hydrogen-bond donors (Lipinski definition) is 1. The van der Waals surface area contributed by atoms with E-state index in [2.05, 4.69) is 4.98 Å². The predicted molar refractivity (Wildman–Crippen MR) is 105 cm³/mol. The van der Waals surface area contributed by atoms with Gasteiger partial charge >= 0.3 is 0 Å². The lowest BCUT2D eigenvalue weighted by molar-refractivity contribution is 0.101. The van der Waals surface area contributed by atoms with Crippen molar-refractivity contribution in [1.82, 2.24) is 4.98 Å². The van der Waals surface area contributed by atoms with Gasteiger partial charge in [-0.25, -0.2) is 4.39 Å². The van der Waals surface area contributed by atoms with Gasteiger partial charge in [-0.15, -0.1) is 0 Å². The van der Waals surface area contributed by atoms with Gasteiger partial charge in [0.25, 0.3) is 0 Å². The number of carbonyl (C=O) groups is 1. The average Bonchev–Trinajstić information content (AvgIpc) is 3.18. The highest BCUT2D eigenvalue weighted by Crippen LogP contribution is 2.19. The molecule has 0 aliphatic heterocycles. The number of fused-ring (bicyclic) bond motifs is 1. The van der Waals surface area contributed by atoms with Crippen molar-refractivity contribution in [3.8, 4) is 0 Å².